The third-order valence-electron chi connectivity index (χ3n) is 6.74. The smallest absolute Gasteiger partial charge is 0.258 e. The predicted molar refractivity (Wildman–Crippen MR) is 154 cm³/mol. The molecule has 3 heterocycles. The van der Waals surface area contributed by atoms with Crippen LogP contribution in [0, 0.1) is 0 Å². The van der Waals surface area contributed by atoms with E-state index in [9.17, 15) is 14.4 Å². The molecule has 7 heteroatoms. The molecule has 0 radical (unpaired) electrons. The summed E-state index contributed by atoms with van der Waals surface area (Å²) in [4.78, 5) is 41.9. The Labute approximate surface area is 226 Å². The second-order valence-electron chi connectivity index (χ2n) is 9.56. The monoisotopic (exact) mass is 523 g/mol. The van der Waals surface area contributed by atoms with Crippen molar-refractivity contribution in [2.75, 3.05) is 16.8 Å². The van der Waals surface area contributed by atoms with E-state index in [1.807, 2.05) is 62.5 Å². The van der Waals surface area contributed by atoms with E-state index in [0.717, 1.165) is 32.2 Å². The lowest BCUT2D eigenvalue weighted by atomic mass is 10.0. The molecule has 5 rings (SSSR count). The maximum atomic E-state index is 13.7. The van der Waals surface area contributed by atoms with E-state index in [2.05, 4.69) is 16.7 Å². The third-order valence-corrected chi connectivity index (χ3v) is 8.00. The Morgan fingerprint density at radius 3 is 2.50 bits per heavy atom. The van der Waals surface area contributed by atoms with E-state index in [1.54, 1.807) is 36.1 Å². The van der Waals surface area contributed by atoms with Gasteiger partial charge in [0.1, 0.15) is 0 Å². The second kappa shape index (κ2) is 10.6. The molecule has 1 aromatic heterocycles. The zero-order valence-corrected chi connectivity index (χ0v) is 22.4. The van der Waals surface area contributed by atoms with Crippen molar-refractivity contribution in [3.05, 3.63) is 105 Å². The number of hydrogen-bond acceptors (Lipinski definition) is 5. The van der Waals surface area contributed by atoms with Crippen LogP contribution in [-0.2, 0) is 4.79 Å². The number of benzene rings is 2. The van der Waals surface area contributed by atoms with E-state index in [4.69, 9.17) is 0 Å². The Balaban J connectivity index is 1.34. The molecule has 1 atom stereocenters. The first kappa shape index (κ1) is 25.4. The van der Waals surface area contributed by atoms with Gasteiger partial charge in [0, 0.05) is 28.2 Å². The summed E-state index contributed by atoms with van der Waals surface area (Å²) in [7, 11) is 0. The Morgan fingerprint density at radius 1 is 1.00 bits per heavy atom. The summed E-state index contributed by atoms with van der Waals surface area (Å²) in [6.45, 7) is 5.97. The number of nitrogens with one attached hydrogen (secondary N) is 2. The summed E-state index contributed by atoms with van der Waals surface area (Å²) in [5, 5.41) is 6.12. The van der Waals surface area contributed by atoms with Crippen molar-refractivity contribution in [1.82, 2.24) is 5.32 Å². The minimum atomic E-state index is -0.168. The number of dihydropyridines is 1. The molecule has 2 aliphatic rings. The third kappa shape index (κ3) is 5.24. The Bertz CT molecular complexity index is 1510. The molecule has 0 aliphatic carbocycles. The van der Waals surface area contributed by atoms with Gasteiger partial charge >= 0.3 is 0 Å². The number of carbonyl (C=O) groups is 3. The van der Waals surface area contributed by atoms with Gasteiger partial charge in [-0.05, 0) is 105 Å². The van der Waals surface area contributed by atoms with Gasteiger partial charge in [0.05, 0.1) is 16.6 Å². The summed E-state index contributed by atoms with van der Waals surface area (Å²) < 4.78 is 0. The Kier molecular flexibility index (Phi) is 7.11. The molecule has 38 heavy (non-hydrogen) atoms. The van der Waals surface area contributed by atoms with E-state index in [-0.39, 0.29) is 23.6 Å². The minimum absolute atomic E-state index is 0.0564. The van der Waals surface area contributed by atoms with Crippen LogP contribution in [0.4, 0.5) is 11.4 Å². The van der Waals surface area contributed by atoms with Gasteiger partial charge < -0.3 is 15.5 Å². The molecular weight excluding hydrogens is 494 g/mol. The predicted octanol–water partition coefficient (Wildman–Crippen LogP) is 6.30. The quantitative estimate of drug-likeness (QED) is 0.385. The highest BCUT2D eigenvalue weighted by molar-refractivity contribution is 7.15. The summed E-state index contributed by atoms with van der Waals surface area (Å²) in [5.74, 6) is -0.215. The fraction of sp³-hybridized carbons (Fsp3) is 0.194. The van der Waals surface area contributed by atoms with E-state index in [0.29, 0.717) is 29.8 Å². The molecule has 2 N–H and O–H groups in total. The fourth-order valence-corrected chi connectivity index (χ4v) is 5.59. The molecule has 2 amide bonds. The van der Waals surface area contributed by atoms with Gasteiger partial charge in [-0.3, -0.25) is 14.4 Å². The van der Waals surface area contributed by atoms with Gasteiger partial charge in [-0.25, -0.2) is 0 Å². The average molecular weight is 524 g/mol. The van der Waals surface area contributed by atoms with Crippen LogP contribution in [0.2, 0.25) is 0 Å². The van der Waals surface area contributed by atoms with Gasteiger partial charge in [0.15, 0.2) is 5.78 Å². The maximum Gasteiger partial charge on any atom is 0.258 e. The van der Waals surface area contributed by atoms with Gasteiger partial charge in [-0.1, -0.05) is 18.2 Å². The molecule has 1 unspecified atom stereocenters. The van der Waals surface area contributed by atoms with Gasteiger partial charge in [0.25, 0.3) is 11.8 Å². The number of anilines is 2. The SMILES string of the molecule is CC(=O)c1ccc(C2=Cc3ccccc3N(C(=O)c3ccc(NC(=O)C4=CC(C)=CNC4C)cc3)CC2)s1. The first-order valence-corrected chi connectivity index (χ1v) is 13.4. The lowest BCUT2D eigenvalue weighted by molar-refractivity contribution is -0.113. The van der Waals surface area contributed by atoms with Crippen molar-refractivity contribution in [3.63, 3.8) is 0 Å². The highest BCUT2D eigenvalue weighted by Gasteiger charge is 2.24. The normalized spacial score (nSPS) is 16.8. The highest BCUT2D eigenvalue weighted by atomic mass is 32.1. The maximum absolute atomic E-state index is 13.7. The number of allylic oxidation sites excluding steroid dienone is 2. The summed E-state index contributed by atoms with van der Waals surface area (Å²) >= 11 is 1.49. The molecule has 2 aromatic carbocycles. The Morgan fingerprint density at radius 2 is 1.76 bits per heavy atom. The van der Waals surface area contributed by atoms with E-state index in [1.165, 1.54) is 11.3 Å². The molecular formula is C31H29N3O3S. The molecule has 0 spiro atoms. The lowest BCUT2D eigenvalue weighted by Gasteiger charge is -2.23. The largest absolute Gasteiger partial charge is 0.384 e. The zero-order chi connectivity index (χ0) is 26.8. The standard InChI is InChI=1S/C31H29N3O3S/c1-19-16-26(20(2)32-18-19)30(36)33-25-10-8-22(9-11-25)31(37)34-15-14-24(17-23-6-4-5-7-27(23)34)29-13-12-28(38-29)21(3)35/h4-13,16-18,20,32H,14-15H2,1-3H3,(H,33,36). The number of carbonyl (C=O) groups excluding carboxylic acids is 3. The van der Waals surface area contributed by atoms with Crippen molar-refractivity contribution in [2.45, 2.75) is 33.2 Å². The van der Waals surface area contributed by atoms with Gasteiger partial charge in [0.2, 0.25) is 0 Å². The van der Waals surface area contributed by atoms with Crippen molar-refractivity contribution in [2.24, 2.45) is 0 Å². The van der Waals surface area contributed by atoms with Crippen LogP contribution in [-0.4, -0.2) is 30.2 Å². The van der Waals surface area contributed by atoms with Crippen LogP contribution in [0.25, 0.3) is 11.6 Å². The second-order valence-corrected chi connectivity index (χ2v) is 10.6. The molecule has 2 aliphatic heterocycles. The van der Waals surface area contributed by atoms with Crippen LogP contribution in [0.5, 0.6) is 0 Å². The summed E-state index contributed by atoms with van der Waals surface area (Å²) in [6.07, 6.45) is 6.56. The fourth-order valence-electron chi connectivity index (χ4n) is 4.65. The molecule has 0 saturated heterocycles. The number of amides is 2. The molecule has 0 saturated carbocycles. The summed E-state index contributed by atoms with van der Waals surface area (Å²) in [6, 6.07) is 18.7. The lowest BCUT2D eigenvalue weighted by Crippen LogP contribution is -2.33. The van der Waals surface area contributed by atoms with Gasteiger partial charge in [-0.2, -0.15) is 0 Å². The number of hydrogen-bond donors (Lipinski definition) is 2. The number of nitrogens with zero attached hydrogens (tertiary/aromatic N) is 1. The zero-order valence-electron chi connectivity index (χ0n) is 21.6. The van der Waals surface area contributed by atoms with Crippen LogP contribution < -0.4 is 15.5 Å². The van der Waals surface area contributed by atoms with Gasteiger partial charge in [-0.15, -0.1) is 11.3 Å². The van der Waals surface area contributed by atoms with E-state index < -0.39 is 0 Å². The minimum Gasteiger partial charge on any atom is -0.384 e. The van der Waals surface area contributed by atoms with E-state index >= 15 is 0 Å². The van der Waals surface area contributed by atoms with Crippen molar-refractivity contribution >= 4 is 52.0 Å². The number of thiophene rings is 1. The molecule has 3 aromatic rings. The van der Waals surface area contributed by atoms with Crippen molar-refractivity contribution in [3.8, 4) is 0 Å². The molecule has 0 fully saturated rings. The molecule has 6 nitrogen and oxygen atoms in total. The van der Waals surface area contributed by atoms with Crippen molar-refractivity contribution in [1.29, 1.82) is 0 Å². The number of para-hydroxylation sites is 1. The molecule has 0 bridgehead atoms. The number of Topliss-reactive ketones (excluding diaryl/α,β-unsaturated/α-hetero) is 1. The van der Waals surface area contributed by atoms with Crippen molar-refractivity contribution < 1.29 is 14.4 Å². The first-order valence-electron chi connectivity index (χ1n) is 12.6. The highest BCUT2D eigenvalue weighted by Crippen LogP contribution is 2.35. The number of ketones is 1. The number of rotatable bonds is 5. The molecule has 192 valence electrons. The van der Waals surface area contributed by atoms with Crippen LogP contribution >= 0.6 is 11.3 Å². The van der Waals surface area contributed by atoms with Crippen LogP contribution in [0.3, 0.4) is 0 Å². The van der Waals surface area contributed by atoms with Crippen LogP contribution in [0.15, 0.2) is 84.1 Å². The average Bonchev–Trinajstić information content (AvgIpc) is 3.33. The first-order chi connectivity index (χ1) is 18.3. The Hall–Kier alpha value is -4.23. The topological polar surface area (TPSA) is 78.5 Å². The number of fused-ring (bicyclic) bond motifs is 1. The van der Waals surface area contributed by atoms with Crippen LogP contribution in [0.1, 0.15) is 57.7 Å². The summed E-state index contributed by atoms with van der Waals surface area (Å²) in [5.41, 5.74) is 5.74.